The predicted molar refractivity (Wildman–Crippen MR) is 67.9 cm³/mol. The number of nitriles is 1. The molecule has 0 bridgehead atoms. The van der Waals surface area contributed by atoms with E-state index in [0.717, 1.165) is 0 Å². The maximum absolute atomic E-state index is 12.1. The van der Waals surface area contributed by atoms with Gasteiger partial charge in [0.25, 0.3) is 10.0 Å². The van der Waals surface area contributed by atoms with Crippen molar-refractivity contribution in [3.8, 4) is 11.8 Å². The summed E-state index contributed by atoms with van der Waals surface area (Å²) < 4.78 is 26.5. The van der Waals surface area contributed by atoms with Crippen LogP contribution in [0.3, 0.4) is 0 Å². The zero-order chi connectivity index (χ0) is 13.9. The number of sulfonamides is 1. The van der Waals surface area contributed by atoms with Crippen LogP contribution in [-0.4, -0.2) is 18.5 Å². The first-order valence-electron chi connectivity index (χ1n) is 5.20. The number of anilines is 1. The summed E-state index contributed by atoms with van der Waals surface area (Å²) in [6.07, 6.45) is 1.35. The molecule has 0 aliphatic heterocycles. The summed E-state index contributed by atoms with van der Waals surface area (Å²) in [5, 5.41) is 18.0. The van der Waals surface area contributed by atoms with Crippen molar-refractivity contribution in [2.45, 2.75) is 4.90 Å². The molecule has 0 radical (unpaired) electrons. The fourth-order valence-electron chi connectivity index (χ4n) is 1.43. The van der Waals surface area contributed by atoms with Gasteiger partial charge in [0.15, 0.2) is 5.69 Å². The minimum Gasteiger partial charge on any atom is -0.508 e. The van der Waals surface area contributed by atoms with E-state index in [0.29, 0.717) is 0 Å². The van der Waals surface area contributed by atoms with E-state index in [2.05, 4.69) is 9.71 Å². The third kappa shape index (κ3) is 2.81. The highest BCUT2D eigenvalue weighted by Gasteiger charge is 2.19. The Morgan fingerprint density at radius 2 is 1.89 bits per heavy atom. The molecule has 1 aromatic heterocycles. The van der Waals surface area contributed by atoms with Gasteiger partial charge in [-0.3, -0.25) is 4.72 Å². The Hall–Kier alpha value is -2.59. The first-order chi connectivity index (χ1) is 9.03. The molecule has 6 nitrogen and oxygen atoms in total. The molecule has 1 aromatic carbocycles. The molecule has 0 aliphatic carbocycles. The Morgan fingerprint density at radius 3 is 2.53 bits per heavy atom. The van der Waals surface area contributed by atoms with Crippen LogP contribution in [0.5, 0.6) is 5.75 Å². The molecular formula is C12H9N3O3S. The molecule has 0 spiro atoms. The summed E-state index contributed by atoms with van der Waals surface area (Å²) in [5.41, 5.74) is 0.110. The molecule has 0 saturated carbocycles. The fraction of sp³-hybridized carbons (Fsp3) is 0. The van der Waals surface area contributed by atoms with Gasteiger partial charge in [-0.15, -0.1) is 0 Å². The normalized spacial score (nSPS) is 10.7. The third-order valence-corrected chi connectivity index (χ3v) is 3.70. The first kappa shape index (κ1) is 12.9. The number of nitrogens with one attached hydrogen (secondary N) is 1. The maximum atomic E-state index is 12.1. The Labute approximate surface area is 110 Å². The minimum absolute atomic E-state index is 0.0297. The van der Waals surface area contributed by atoms with Crippen LogP contribution in [-0.2, 0) is 10.0 Å². The number of phenols is 1. The molecule has 0 atom stereocenters. The van der Waals surface area contributed by atoms with Gasteiger partial charge < -0.3 is 5.11 Å². The van der Waals surface area contributed by atoms with E-state index in [1.54, 1.807) is 6.07 Å². The van der Waals surface area contributed by atoms with Gasteiger partial charge in [0, 0.05) is 11.9 Å². The highest BCUT2D eigenvalue weighted by molar-refractivity contribution is 7.92. The number of aromatic hydroxyl groups is 1. The summed E-state index contributed by atoms with van der Waals surface area (Å²) in [6, 6.07) is 9.99. The molecule has 0 saturated heterocycles. The second kappa shape index (κ2) is 4.96. The topological polar surface area (TPSA) is 103 Å². The van der Waals surface area contributed by atoms with Crippen LogP contribution in [0.2, 0.25) is 0 Å². The SMILES string of the molecule is N#Cc1ncccc1S(=O)(=O)Nc1ccc(O)cc1. The Morgan fingerprint density at radius 1 is 1.21 bits per heavy atom. The number of pyridine rings is 1. The molecule has 2 aromatic rings. The van der Waals surface area contributed by atoms with Crippen LogP contribution >= 0.6 is 0 Å². The summed E-state index contributed by atoms with van der Waals surface area (Å²) >= 11 is 0. The van der Waals surface area contributed by atoms with Gasteiger partial charge in [-0.25, -0.2) is 13.4 Å². The van der Waals surface area contributed by atoms with Crippen molar-refractivity contribution >= 4 is 15.7 Å². The van der Waals surface area contributed by atoms with Crippen molar-refractivity contribution in [1.29, 1.82) is 5.26 Å². The average molecular weight is 275 g/mol. The van der Waals surface area contributed by atoms with E-state index in [4.69, 9.17) is 10.4 Å². The van der Waals surface area contributed by atoms with Gasteiger partial charge in [0.2, 0.25) is 0 Å². The van der Waals surface area contributed by atoms with Crippen LogP contribution in [0.25, 0.3) is 0 Å². The maximum Gasteiger partial charge on any atom is 0.264 e. The van der Waals surface area contributed by atoms with Crippen molar-refractivity contribution < 1.29 is 13.5 Å². The van der Waals surface area contributed by atoms with E-state index >= 15 is 0 Å². The monoisotopic (exact) mass is 275 g/mol. The number of hydrogen-bond donors (Lipinski definition) is 2. The van der Waals surface area contributed by atoms with Crippen molar-refractivity contribution in [3.63, 3.8) is 0 Å². The highest BCUT2D eigenvalue weighted by Crippen LogP contribution is 2.19. The smallest absolute Gasteiger partial charge is 0.264 e. The second-order valence-electron chi connectivity index (χ2n) is 3.61. The lowest BCUT2D eigenvalue weighted by Crippen LogP contribution is -2.14. The first-order valence-corrected chi connectivity index (χ1v) is 6.68. The lowest BCUT2D eigenvalue weighted by Gasteiger charge is -2.08. The molecule has 2 rings (SSSR count). The molecular weight excluding hydrogens is 266 g/mol. The summed E-state index contributed by atoms with van der Waals surface area (Å²) in [7, 11) is -3.89. The van der Waals surface area contributed by atoms with E-state index in [9.17, 15) is 8.42 Å². The van der Waals surface area contributed by atoms with E-state index in [1.807, 2.05) is 0 Å². The van der Waals surface area contributed by atoms with Gasteiger partial charge in [-0.1, -0.05) is 0 Å². The Balaban J connectivity index is 2.38. The molecule has 0 unspecified atom stereocenters. The summed E-state index contributed by atoms with van der Waals surface area (Å²) in [6.45, 7) is 0. The number of benzene rings is 1. The molecule has 0 aliphatic rings. The quantitative estimate of drug-likeness (QED) is 0.825. The van der Waals surface area contributed by atoms with Gasteiger partial charge >= 0.3 is 0 Å². The average Bonchev–Trinajstić information content (AvgIpc) is 2.41. The highest BCUT2D eigenvalue weighted by atomic mass is 32.2. The van der Waals surface area contributed by atoms with E-state index in [-0.39, 0.29) is 22.0 Å². The number of hydrogen-bond acceptors (Lipinski definition) is 5. The second-order valence-corrected chi connectivity index (χ2v) is 5.27. The third-order valence-electron chi connectivity index (χ3n) is 2.29. The Bertz CT molecular complexity index is 734. The van der Waals surface area contributed by atoms with Gasteiger partial charge in [-0.2, -0.15) is 5.26 Å². The van der Waals surface area contributed by atoms with Crippen LogP contribution in [0.1, 0.15) is 5.69 Å². The number of nitrogens with zero attached hydrogens (tertiary/aromatic N) is 2. The summed E-state index contributed by atoms with van der Waals surface area (Å²) in [4.78, 5) is 3.51. The molecule has 96 valence electrons. The van der Waals surface area contributed by atoms with Crippen molar-refractivity contribution in [2.75, 3.05) is 4.72 Å². The van der Waals surface area contributed by atoms with Gasteiger partial charge in [0.05, 0.1) is 0 Å². The van der Waals surface area contributed by atoms with E-state index in [1.165, 1.54) is 42.6 Å². The molecule has 19 heavy (non-hydrogen) atoms. The summed E-state index contributed by atoms with van der Waals surface area (Å²) in [5.74, 6) is 0.0297. The van der Waals surface area contributed by atoms with Gasteiger partial charge in [-0.05, 0) is 36.4 Å². The molecule has 0 fully saturated rings. The van der Waals surface area contributed by atoms with Crippen LogP contribution in [0.15, 0.2) is 47.5 Å². The standard InChI is InChI=1S/C12H9N3O3S/c13-8-11-12(2-1-7-14-11)19(17,18)15-9-3-5-10(16)6-4-9/h1-7,15-16H. The number of phenolic OH excluding ortho intramolecular Hbond substituents is 1. The predicted octanol–water partition coefficient (Wildman–Crippen LogP) is 1.46. The van der Waals surface area contributed by atoms with Crippen molar-refractivity contribution in [1.82, 2.24) is 4.98 Å². The lowest BCUT2D eigenvalue weighted by atomic mass is 10.3. The molecule has 1 heterocycles. The number of rotatable bonds is 3. The zero-order valence-electron chi connectivity index (χ0n) is 9.61. The van der Waals surface area contributed by atoms with Crippen LogP contribution in [0, 0.1) is 11.3 Å². The molecule has 7 heteroatoms. The van der Waals surface area contributed by atoms with Crippen molar-refractivity contribution in [3.05, 3.63) is 48.3 Å². The fourth-order valence-corrected chi connectivity index (χ4v) is 2.60. The van der Waals surface area contributed by atoms with E-state index < -0.39 is 10.0 Å². The largest absolute Gasteiger partial charge is 0.508 e. The molecule has 2 N–H and O–H groups in total. The van der Waals surface area contributed by atoms with Crippen molar-refractivity contribution in [2.24, 2.45) is 0 Å². The van der Waals surface area contributed by atoms with Crippen LogP contribution < -0.4 is 4.72 Å². The number of aromatic nitrogens is 1. The molecule has 0 amide bonds. The lowest BCUT2D eigenvalue weighted by molar-refractivity contribution is 0.475. The Kier molecular flexibility index (Phi) is 3.35. The minimum atomic E-state index is -3.89. The van der Waals surface area contributed by atoms with Gasteiger partial charge in [0.1, 0.15) is 16.7 Å². The van der Waals surface area contributed by atoms with Crippen LogP contribution in [0.4, 0.5) is 5.69 Å². The zero-order valence-corrected chi connectivity index (χ0v) is 10.4.